The molecule has 2 aromatic rings. The molecule has 104 valence electrons. The third-order valence-corrected chi connectivity index (χ3v) is 4.34. The number of primary amides is 1. The van der Waals surface area contributed by atoms with Gasteiger partial charge in [-0.1, -0.05) is 11.6 Å². The molecule has 0 aliphatic rings. The van der Waals surface area contributed by atoms with Gasteiger partial charge in [-0.2, -0.15) is 0 Å². The van der Waals surface area contributed by atoms with Crippen LogP contribution >= 0.6 is 22.9 Å². The quantitative estimate of drug-likeness (QED) is 0.912. The molecular weight excluding hydrogens is 296 g/mol. The fourth-order valence-corrected chi connectivity index (χ4v) is 2.98. The van der Waals surface area contributed by atoms with Gasteiger partial charge in [0.2, 0.25) is 0 Å². The van der Waals surface area contributed by atoms with Crippen molar-refractivity contribution in [3.8, 4) is 0 Å². The second-order valence-electron chi connectivity index (χ2n) is 4.31. The van der Waals surface area contributed by atoms with Crippen LogP contribution in [0.3, 0.4) is 0 Å². The van der Waals surface area contributed by atoms with Gasteiger partial charge in [-0.05, 0) is 43.7 Å². The summed E-state index contributed by atoms with van der Waals surface area (Å²) in [5.41, 5.74) is 7.00. The van der Waals surface area contributed by atoms with Crippen LogP contribution in [-0.4, -0.2) is 11.8 Å². The maximum Gasteiger partial charge on any atom is 0.256 e. The van der Waals surface area contributed by atoms with E-state index in [-0.39, 0.29) is 5.91 Å². The first-order chi connectivity index (χ1) is 9.40. The van der Waals surface area contributed by atoms with E-state index in [2.05, 4.69) is 5.32 Å². The Labute approximate surface area is 125 Å². The molecule has 0 saturated carbocycles. The van der Waals surface area contributed by atoms with Crippen molar-refractivity contribution in [2.45, 2.75) is 13.8 Å². The Morgan fingerprint density at radius 3 is 2.35 bits per heavy atom. The van der Waals surface area contributed by atoms with E-state index in [1.165, 1.54) is 11.3 Å². The number of anilines is 1. The Hall–Kier alpha value is -1.85. The van der Waals surface area contributed by atoms with E-state index < -0.39 is 5.91 Å². The third-order valence-electron chi connectivity index (χ3n) is 2.97. The Kier molecular flexibility index (Phi) is 4.11. The molecule has 0 atom stereocenters. The molecule has 1 aromatic carbocycles. The van der Waals surface area contributed by atoms with Crippen LogP contribution in [0, 0.1) is 13.8 Å². The highest BCUT2D eigenvalue weighted by Gasteiger charge is 2.19. The molecule has 0 spiro atoms. The van der Waals surface area contributed by atoms with Gasteiger partial charge in [-0.25, -0.2) is 0 Å². The zero-order valence-corrected chi connectivity index (χ0v) is 12.6. The van der Waals surface area contributed by atoms with Crippen molar-refractivity contribution in [3.63, 3.8) is 0 Å². The number of carbonyl (C=O) groups excluding carboxylic acids is 2. The molecule has 0 radical (unpaired) electrons. The number of aryl methyl sites for hydroxylation is 1. The van der Waals surface area contributed by atoms with Crippen molar-refractivity contribution in [1.82, 2.24) is 0 Å². The molecule has 20 heavy (non-hydrogen) atoms. The van der Waals surface area contributed by atoms with E-state index in [4.69, 9.17) is 17.3 Å². The topological polar surface area (TPSA) is 72.2 Å². The highest BCUT2D eigenvalue weighted by Crippen LogP contribution is 2.32. The minimum Gasteiger partial charge on any atom is -0.365 e. The highest BCUT2D eigenvalue weighted by molar-refractivity contribution is 7.16. The number of hydrogen-bond donors (Lipinski definition) is 2. The summed E-state index contributed by atoms with van der Waals surface area (Å²) in [6.07, 6.45) is 0. The van der Waals surface area contributed by atoms with Gasteiger partial charge in [0.1, 0.15) is 5.00 Å². The van der Waals surface area contributed by atoms with Crippen LogP contribution in [0.4, 0.5) is 5.00 Å². The summed E-state index contributed by atoms with van der Waals surface area (Å²) >= 11 is 7.11. The Bertz CT molecular complexity index is 677. The molecule has 1 aromatic heterocycles. The SMILES string of the molecule is Cc1sc(NC(=O)c2ccc(Cl)cc2)c(C(N)=O)c1C. The molecule has 0 aliphatic heterocycles. The van der Waals surface area contributed by atoms with Gasteiger partial charge in [-0.3, -0.25) is 9.59 Å². The van der Waals surface area contributed by atoms with E-state index in [0.29, 0.717) is 21.2 Å². The summed E-state index contributed by atoms with van der Waals surface area (Å²) in [4.78, 5) is 24.5. The molecule has 2 amide bonds. The molecule has 0 unspecified atom stereocenters. The third kappa shape index (κ3) is 2.84. The van der Waals surface area contributed by atoms with E-state index >= 15 is 0 Å². The number of hydrogen-bond acceptors (Lipinski definition) is 3. The number of carbonyl (C=O) groups is 2. The first-order valence-electron chi connectivity index (χ1n) is 5.87. The number of benzene rings is 1. The minimum atomic E-state index is -0.543. The lowest BCUT2D eigenvalue weighted by Gasteiger charge is -2.05. The average Bonchev–Trinajstić information content (AvgIpc) is 2.65. The van der Waals surface area contributed by atoms with Crippen molar-refractivity contribution in [1.29, 1.82) is 0 Å². The molecule has 3 N–H and O–H groups in total. The van der Waals surface area contributed by atoms with E-state index in [1.54, 1.807) is 24.3 Å². The zero-order valence-electron chi connectivity index (χ0n) is 11.0. The summed E-state index contributed by atoms with van der Waals surface area (Å²) in [7, 11) is 0. The summed E-state index contributed by atoms with van der Waals surface area (Å²) in [6.45, 7) is 3.69. The molecule has 0 fully saturated rings. The smallest absolute Gasteiger partial charge is 0.256 e. The minimum absolute atomic E-state index is 0.301. The van der Waals surface area contributed by atoms with Crippen molar-refractivity contribution >= 4 is 39.8 Å². The molecule has 6 heteroatoms. The standard InChI is InChI=1S/C14H13ClN2O2S/c1-7-8(2)20-14(11(7)12(16)18)17-13(19)9-3-5-10(15)6-4-9/h3-6H,1-2H3,(H2,16,18)(H,17,19). The van der Waals surface area contributed by atoms with E-state index in [0.717, 1.165) is 10.4 Å². The summed E-state index contributed by atoms with van der Waals surface area (Å²) in [6, 6.07) is 6.51. The van der Waals surface area contributed by atoms with Crippen LogP contribution in [0.1, 0.15) is 31.2 Å². The Morgan fingerprint density at radius 1 is 1.20 bits per heavy atom. The molecule has 2 rings (SSSR count). The maximum atomic E-state index is 12.1. The van der Waals surface area contributed by atoms with Crippen LogP contribution in [0.2, 0.25) is 5.02 Å². The van der Waals surface area contributed by atoms with Crippen LogP contribution in [0.15, 0.2) is 24.3 Å². The number of amides is 2. The molecule has 0 saturated heterocycles. The van der Waals surface area contributed by atoms with Gasteiger partial charge in [0, 0.05) is 15.5 Å². The predicted octanol–water partition coefficient (Wildman–Crippen LogP) is 3.37. The van der Waals surface area contributed by atoms with Crippen LogP contribution < -0.4 is 11.1 Å². The zero-order chi connectivity index (χ0) is 14.9. The fourth-order valence-electron chi connectivity index (χ4n) is 1.79. The normalized spacial score (nSPS) is 10.3. The van der Waals surface area contributed by atoms with Gasteiger partial charge in [0.25, 0.3) is 11.8 Å². The molecule has 0 bridgehead atoms. The fraction of sp³-hybridized carbons (Fsp3) is 0.143. The first kappa shape index (κ1) is 14.6. The van der Waals surface area contributed by atoms with Crippen molar-refractivity contribution in [2.75, 3.05) is 5.32 Å². The predicted molar refractivity (Wildman–Crippen MR) is 81.7 cm³/mol. The first-order valence-corrected chi connectivity index (χ1v) is 7.06. The lowest BCUT2D eigenvalue weighted by molar-refractivity contribution is 0.100. The Balaban J connectivity index is 2.30. The lowest BCUT2D eigenvalue weighted by atomic mass is 10.1. The van der Waals surface area contributed by atoms with Crippen LogP contribution in [0.25, 0.3) is 0 Å². The van der Waals surface area contributed by atoms with Crippen molar-refractivity contribution in [2.24, 2.45) is 5.73 Å². The van der Waals surface area contributed by atoms with Gasteiger partial charge < -0.3 is 11.1 Å². The monoisotopic (exact) mass is 308 g/mol. The number of thiophene rings is 1. The average molecular weight is 309 g/mol. The number of nitrogens with two attached hydrogens (primary N) is 1. The number of halogens is 1. The van der Waals surface area contributed by atoms with E-state index in [1.807, 2.05) is 13.8 Å². The largest absolute Gasteiger partial charge is 0.365 e. The number of rotatable bonds is 3. The van der Waals surface area contributed by atoms with Crippen molar-refractivity contribution < 1.29 is 9.59 Å². The van der Waals surface area contributed by atoms with Gasteiger partial charge in [0.15, 0.2) is 0 Å². The van der Waals surface area contributed by atoms with Crippen LogP contribution in [-0.2, 0) is 0 Å². The summed E-state index contributed by atoms with van der Waals surface area (Å²) in [5.74, 6) is -0.844. The van der Waals surface area contributed by atoms with Gasteiger partial charge in [-0.15, -0.1) is 11.3 Å². The molecule has 1 heterocycles. The highest BCUT2D eigenvalue weighted by atomic mass is 35.5. The van der Waals surface area contributed by atoms with Crippen LogP contribution in [0.5, 0.6) is 0 Å². The van der Waals surface area contributed by atoms with E-state index in [9.17, 15) is 9.59 Å². The molecule has 4 nitrogen and oxygen atoms in total. The second kappa shape index (κ2) is 5.64. The summed E-state index contributed by atoms with van der Waals surface area (Å²) < 4.78 is 0. The lowest BCUT2D eigenvalue weighted by Crippen LogP contribution is -2.17. The van der Waals surface area contributed by atoms with Gasteiger partial charge in [0.05, 0.1) is 5.56 Å². The summed E-state index contributed by atoms with van der Waals surface area (Å²) in [5, 5.41) is 3.76. The molecule has 0 aliphatic carbocycles. The number of nitrogens with one attached hydrogen (secondary N) is 1. The maximum absolute atomic E-state index is 12.1. The van der Waals surface area contributed by atoms with Gasteiger partial charge >= 0.3 is 0 Å². The Morgan fingerprint density at radius 2 is 1.80 bits per heavy atom. The van der Waals surface area contributed by atoms with Crippen molar-refractivity contribution in [3.05, 3.63) is 50.9 Å². The molecular formula is C14H13ClN2O2S. The second-order valence-corrected chi connectivity index (χ2v) is 5.97.